The average molecular weight is 397 g/mol. The number of carbonyl (C=O) groups excluding carboxylic acids is 1. The molecule has 2 aromatic rings. The number of hydrogen-bond donors (Lipinski definition) is 2. The highest BCUT2D eigenvalue weighted by molar-refractivity contribution is 5.89. The van der Waals surface area contributed by atoms with Crippen LogP contribution in [0.4, 0.5) is 16.2 Å². The molecule has 1 aliphatic heterocycles. The Kier molecular flexibility index (Phi) is 7.36. The summed E-state index contributed by atoms with van der Waals surface area (Å²) in [7, 11) is 2.15. The lowest BCUT2D eigenvalue weighted by atomic mass is 10.0. The molecule has 2 aromatic carbocycles. The lowest BCUT2D eigenvalue weighted by molar-refractivity contribution is 0.247. The first-order chi connectivity index (χ1) is 14.0. The summed E-state index contributed by atoms with van der Waals surface area (Å²) in [5.74, 6) is 1.28. The first-order valence-electron chi connectivity index (χ1n) is 10.3. The van der Waals surface area contributed by atoms with Crippen LogP contribution < -0.4 is 20.3 Å². The van der Waals surface area contributed by atoms with Gasteiger partial charge in [-0.3, -0.25) is 0 Å². The quantitative estimate of drug-likeness (QED) is 0.700. The topological polar surface area (TPSA) is 56.8 Å². The minimum Gasteiger partial charge on any atom is -0.491 e. The summed E-state index contributed by atoms with van der Waals surface area (Å²) in [5.41, 5.74) is 3.16. The monoisotopic (exact) mass is 396 g/mol. The molecule has 1 saturated heterocycles. The standard InChI is InChI=1S/C23H32N4O2/c1-18(2)21-6-4-5-7-22(21)29-17-12-24-23(28)25-19-8-10-20(11-9-19)27-15-13-26(3)14-16-27/h4-11,18H,12-17H2,1-3H3,(H2,24,25,28). The van der Waals surface area contributed by atoms with Crippen LogP contribution in [0.1, 0.15) is 25.3 Å². The Bertz CT molecular complexity index is 784. The van der Waals surface area contributed by atoms with Crippen molar-refractivity contribution in [2.75, 3.05) is 56.6 Å². The summed E-state index contributed by atoms with van der Waals surface area (Å²) < 4.78 is 5.84. The van der Waals surface area contributed by atoms with Crippen molar-refractivity contribution in [3.05, 3.63) is 54.1 Å². The predicted octanol–water partition coefficient (Wildman–Crippen LogP) is 3.76. The van der Waals surface area contributed by atoms with Crippen molar-refractivity contribution in [1.82, 2.24) is 10.2 Å². The number of nitrogens with zero attached hydrogens (tertiary/aromatic N) is 2. The molecule has 0 atom stereocenters. The summed E-state index contributed by atoms with van der Waals surface area (Å²) in [6.45, 7) is 9.37. The number of benzene rings is 2. The highest BCUT2D eigenvalue weighted by atomic mass is 16.5. The fraction of sp³-hybridized carbons (Fsp3) is 0.435. The van der Waals surface area contributed by atoms with Crippen LogP contribution in [-0.2, 0) is 0 Å². The molecule has 3 rings (SSSR count). The van der Waals surface area contributed by atoms with Gasteiger partial charge < -0.3 is 25.2 Å². The van der Waals surface area contributed by atoms with Gasteiger partial charge in [0.1, 0.15) is 12.4 Å². The van der Waals surface area contributed by atoms with E-state index in [1.807, 2.05) is 30.3 Å². The molecule has 2 amide bonds. The van der Waals surface area contributed by atoms with Crippen LogP contribution in [0.25, 0.3) is 0 Å². The Labute approximate surface area is 173 Å². The van der Waals surface area contributed by atoms with Crippen LogP contribution in [0.2, 0.25) is 0 Å². The van der Waals surface area contributed by atoms with Crippen LogP contribution in [-0.4, -0.2) is 57.3 Å². The fourth-order valence-corrected chi connectivity index (χ4v) is 3.41. The zero-order valence-electron chi connectivity index (χ0n) is 17.6. The maximum Gasteiger partial charge on any atom is 0.319 e. The second-order valence-corrected chi connectivity index (χ2v) is 7.76. The Balaban J connectivity index is 1.41. The number of rotatable bonds is 7. The molecular formula is C23H32N4O2. The van der Waals surface area contributed by atoms with E-state index in [2.05, 4.69) is 59.5 Å². The number of urea groups is 1. The van der Waals surface area contributed by atoms with Crippen molar-refractivity contribution in [1.29, 1.82) is 0 Å². The Morgan fingerprint density at radius 1 is 1.03 bits per heavy atom. The molecule has 0 unspecified atom stereocenters. The van der Waals surface area contributed by atoms with Gasteiger partial charge in [-0.1, -0.05) is 32.0 Å². The van der Waals surface area contributed by atoms with E-state index in [0.717, 1.165) is 37.6 Å². The van der Waals surface area contributed by atoms with Crippen LogP contribution in [0.15, 0.2) is 48.5 Å². The molecule has 6 nitrogen and oxygen atoms in total. The summed E-state index contributed by atoms with van der Waals surface area (Å²) >= 11 is 0. The van der Waals surface area contributed by atoms with Crippen LogP contribution in [0.3, 0.4) is 0 Å². The number of piperazine rings is 1. The number of carbonyl (C=O) groups is 1. The third kappa shape index (κ3) is 6.12. The molecular weight excluding hydrogens is 364 g/mol. The molecule has 156 valence electrons. The van der Waals surface area contributed by atoms with Gasteiger partial charge in [0.2, 0.25) is 0 Å². The number of hydrogen-bond acceptors (Lipinski definition) is 4. The molecule has 1 heterocycles. The average Bonchev–Trinajstić information content (AvgIpc) is 2.72. The molecule has 0 bridgehead atoms. The first kappa shape index (κ1) is 21.0. The summed E-state index contributed by atoms with van der Waals surface area (Å²) in [5, 5.41) is 5.72. The maximum absolute atomic E-state index is 12.1. The Morgan fingerprint density at radius 3 is 2.41 bits per heavy atom. The van der Waals surface area contributed by atoms with E-state index in [4.69, 9.17) is 4.74 Å². The van der Waals surface area contributed by atoms with Gasteiger partial charge in [0, 0.05) is 37.6 Å². The van der Waals surface area contributed by atoms with E-state index in [-0.39, 0.29) is 6.03 Å². The summed E-state index contributed by atoms with van der Waals surface area (Å²) in [6, 6.07) is 15.8. The molecule has 0 radical (unpaired) electrons. The van der Waals surface area contributed by atoms with Crippen molar-refractivity contribution < 1.29 is 9.53 Å². The largest absolute Gasteiger partial charge is 0.491 e. The minimum absolute atomic E-state index is 0.224. The third-order valence-electron chi connectivity index (χ3n) is 5.18. The SMILES string of the molecule is CC(C)c1ccccc1OCCNC(=O)Nc1ccc(N2CCN(C)CC2)cc1. The highest BCUT2D eigenvalue weighted by Crippen LogP contribution is 2.25. The van der Waals surface area contributed by atoms with Gasteiger partial charge in [0.15, 0.2) is 0 Å². The zero-order valence-corrected chi connectivity index (χ0v) is 17.6. The number of amides is 2. The molecule has 2 N–H and O–H groups in total. The highest BCUT2D eigenvalue weighted by Gasteiger charge is 2.14. The van der Waals surface area contributed by atoms with Crippen LogP contribution in [0, 0.1) is 0 Å². The second kappa shape index (κ2) is 10.2. The molecule has 1 aliphatic rings. The van der Waals surface area contributed by atoms with Gasteiger partial charge in [-0.25, -0.2) is 4.79 Å². The molecule has 6 heteroatoms. The van der Waals surface area contributed by atoms with Crippen molar-refractivity contribution >= 4 is 17.4 Å². The smallest absolute Gasteiger partial charge is 0.319 e. The maximum atomic E-state index is 12.1. The van der Waals surface area contributed by atoms with Crippen molar-refractivity contribution in [2.45, 2.75) is 19.8 Å². The zero-order chi connectivity index (χ0) is 20.6. The number of nitrogens with one attached hydrogen (secondary N) is 2. The van der Waals surface area contributed by atoms with E-state index in [1.54, 1.807) is 0 Å². The van der Waals surface area contributed by atoms with Crippen molar-refractivity contribution in [2.24, 2.45) is 0 Å². The minimum atomic E-state index is -0.224. The molecule has 0 spiro atoms. The summed E-state index contributed by atoms with van der Waals surface area (Å²) in [6.07, 6.45) is 0. The summed E-state index contributed by atoms with van der Waals surface area (Å²) in [4.78, 5) is 16.8. The molecule has 1 fully saturated rings. The van der Waals surface area contributed by atoms with E-state index in [0.29, 0.717) is 19.1 Å². The van der Waals surface area contributed by atoms with Crippen molar-refractivity contribution in [3.63, 3.8) is 0 Å². The third-order valence-corrected chi connectivity index (χ3v) is 5.18. The van der Waals surface area contributed by atoms with Gasteiger partial charge in [-0.2, -0.15) is 0 Å². The van der Waals surface area contributed by atoms with E-state index >= 15 is 0 Å². The lowest BCUT2D eigenvalue weighted by Crippen LogP contribution is -2.44. The van der Waals surface area contributed by atoms with Gasteiger partial charge in [0.05, 0.1) is 6.54 Å². The van der Waals surface area contributed by atoms with Gasteiger partial charge in [0.25, 0.3) is 0 Å². The lowest BCUT2D eigenvalue weighted by Gasteiger charge is -2.34. The molecule has 0 aliphatic carbocycles. The van der Waals surface area contributed by atoms with Crippen LogP contribution >= 0.6 is 0 Å². The van der Waals surface area contributed by atoms with E-state index in [1.165, 1.54) is 11.3 Å². The predicted molar refractivity (Wildman–Crippen MR) is 119 cm³/mol. The van der Waals surface area contributed by atoms with Gasteiger partial charge in [-0.05, 0) is 48.9 Å². The molecule has 0 saturated carbocycles. The normalized spacial score (nSPS) is 14.7. The first-order valence-corrected chi connectivity index (χ1v) is 10.3. The Morgan fingerprint density at radius 2 is 1.72 bits per heavy atom. The van der Waals surface area contributed by atoms with E-state index < -0.39 is 0 Å². The van der Waals surface area contributed by atoms with Crippen molar-refractivity contribution in [3.8, 4) is 5.75 Å². The number of anilines is 2. The van der Waals surface area contributed by atoms with Crippen LogP contribution in [0.5, 0.6) is 5.75 Å². The molecule has 0 aromatic heterocycles. The molecule has 29 heavy (non-hydrogen) atoms. The van der Waals surface area contributed by atoms with Gasteiger partial charge in [-0.15, -0.1) is 0 Å². The van der Waals surface area contributed by atoms with Gasteiger partial charge >= 0.3 is 6.03 Å². The second-order valence-electron chi connectivity index (χ2n) is 7.76. The Hall–Kier alpha value is -2.73. The van der Waals surface area contributed by atoms with E-state index in [9.17, 15) is 4.79 Å². The fourth-order valence-electron chi connectivity index (χ4n) is 3.41. The number of likely N-dealkylation sites (N-methyl/N-ethyl adjacent to an activating group) is 1. The number of para-hydroxylation sites is 1. The number of ether oxygens (including phenoxy) is 1.